The zero-order chi connectivity index (χ0) is 22.9. The van der Waals surface area contributed by atoms with Crippen molar-refractivity contribution in [2.24, 2.45) is 0 Å². The molecule has 0 unspecified atom stereocenters. The molecular weight excluding hydrogens is 435 g/mol. The van der Waals surface area contributed by atoms with E-state index in [-0.39, 0.29) is 18.2 Å². The number of carbonyl (C=O) groups is 2. The Kier molecular flexibility index (Phi) is 6.33. The molecule has 13 heteroatoms. The van der Waals surface area contributed by atoms with Crippen molar-refractivity contribution < 1.29 is 49.1 Å². The molecule has 2 aromatic rings. The summed E-state index contributed by atoms with van der Waals surface area (Å²) in [6.45, 7) is -1.02. The van der Waals surface area contributed by atoms with Gasteiger partial charge in [0.25, 0.3) is 5.91 Å². The number of carbonyl (C=O) groups excluding carboxylic acids is 2. The summed E-state index contributed by atoms with van der Waals surface area (Å²) in [6, 6.07) is 1.27. The molecule has 2 amide bonds. The number of hydrogen-bond acceptors (Lipinski definition) is 2. The first kappa shape index (κ1) is 23.0. The van der Waals surface area contributed by atoms with Crippen LogP contribution in [0.25, 0.3) is 0 Å². The smallest absolute Gasteiger partial charge is 0.343 e. The highest BCUT2D eigenvalue weighted by Crippen LogP contribution is 2.36. The Hall–Kier alpha value is -3.25. The fourth-order valence-electron chi connectivity index (χ4n) is 2.17. The van der Waals surface area contributed by atoms with Crippen LogP contribution in [0.1, 0.15) is 21.5 Å². The Morgan fingerprint density at radius 2 is 1.33 bits per heavy atom. The van der Waals surface area contributed by atoms with E-state index < -0.39 is 70.5 Å². The van der Waals surface area contributed by atoms with Crippen LogP contribution in [0.3, 0.4) is 0 Å². The summed E-state index contributed by atoms with van der Waals surface area (Å²) in [7, 11) is 0. The predicted molar refractivity (Wildman–Crippen MR) is 83.7 cm³/mol. The van der Waals surface area contributed by atoms with Crippen LogP contribution >= 0.6 is 0 Å². The number of amides is 2. The minimum atomic E-state index is -5.18. The van der Waals surface area contributed by atoms with Crippen LogP contribution in [0.4, 0.5) is 45.2 Å². The van der Waals surface area contributed by atoms with Gasteiger partial charge in [-0.3, -0.25) is 9.59 Å². The fraction of sp³-hybridized carbons (Fsp3) is 0.176. The molecule has 0 aromatic heterocycles. The van der Waals surface area contributed by atoms with Crippen LogP contribution in [-0.4, -0.2) is 18.4 Å². The van der Waals surface area contributed by atoms with E-state index in [1.54, 1.807) is 10.6 Å². The van der Waals surface area contributed by atoms with E-state index in [2.05, 4.69) is 0 Å². The zero-order valence-corrected chi connectivity index (χ0v) is 14.3. The molecule has 0 fully saturated rings. The highest BCUT2D eigenvalue weighted by molar-refractivity contribution is 5.99. The maximum absolute atomic E-state index is 13.5. The number of nitrogens with one attached hydrogen (secondary N) is 2. The maximum atomic E-state index is 13.5. The van der Waals surface area contributed by atoms with Crippen molar-refractivity contribution >= 4 is 17.5 Å². The second-order valence-electron chi connectivity index (χ2n) is 5.75. The highest BCUT2D eigenvalue weighted by Gasteiger charge is 2.37. The normalized spacial score (nSPS) is 11.9. The average molecular weight is 444 g/mol. The van der Waals surface area contributed by atoms with E-state index in [1.807, 2.05) is 0 Å². The molecule has 2 aromatic carbocycles. The van der Waals surface area contributed by atoms with Gasteiger partial charge in [-0.15, -0.1) is 0 Å². The Morgan fingerprint density at radius 3 is 1.83 bits per heavy atom. The van der Waals surface area contributed by atoms with E-state index in [4.69, 9.17) is 0 Å². The van der Waals surface area contributed by atoms with Crippen LogP contribution in [0.2, 0.25) is 0 Å². The lowest BCUT2D eigenvalue weighted by Crippen LogP contribution is -2.33. The molecular formula is C17H9F9N2O2. The van der Waals surface area contributed by atoms with Gasteiger partial charge in [-0.1, -0.05) is 0 Å². The first-order chi connectivity index (χ1) is 13.7. The highest BCUT2D eigenvalue weighted by atomic mass is 19.4. The third-order valence-electron chi connectivity index (χ3n) is 3.57. The van der Waals surface area contributed by atoms with Crippen molar-refractivity contribution in [2.75, 3.05) is 11.9 Å². The second-order valence-corrected chi connectivity index (χ2v) is 5.75. The Bertz CT molecular complexity index is 952. The predicted octanol–water partition coefficient (Wildman–Crippen LogP) is 4.51. The molecule has 0 aliphatic rings. The number of anilines is 1. The number of alkyl halides is 6. The molecule has 0 aliphatic carbocycles. The van der Waals surface area contributed by atoms with Gasteiger partial charge in [-0.25, -0.2) is 13.2 Å². The van der Waals surface area contributed by atoms with Crippen molar-refractivity contribution in [2.45, 2.75) is 12.4 Å². The number of hydrogen-bond donors (Lipinski definition) is 2. The Balaban J connectivity index is 2.16. The standard InChI is InChI=1S/C17H9F9N2O2/c18-10-1-2-11(14(20)13(10)19)28-12(29)6-27-15(30)7-3-8(16(21,22)23)5-9(4-7)17(24,25)26/h1-5H,6H2,(H,27,30)(H,28,29). The Morgan fingerprint density at radius 1 is 0.800 bits per heavy atom. The minimum absolute atomic E-state index is 0.150. The molecule has 4 nitrogen and oxygen atoms in total. The van der Waals surface area contributed by atoms with Crippen molar-refractivity contribution in [1.82, 2.24) is 5.32 Å². The number of rotatable bonds is 4. The molecule has 30 heavy (non-hydrogen) atoms. The summed E-state index contributed by atoms with van der Waals surface area (Å²) in [5.41, 5.74) is -5.32. The summed E-state index contributed by atoms with van der Waals surface area (Å²) in [5, 5.41) is 3.51. The topological polar surface area (TPSA) is 58.2 Å². The van der Waals surface area contributed by atoms with Crippen LogP contribution in [0.5, 0.6) is 0 Å². The third kappa shape index (κ3) is 5.42. The minimum Gasteiger partial charge on any atom is -0.343 e. The van der Waals surface area contributed by atoms with Gasteiger partial charge in [-0.05, 0) is 30.3 Å². The van der Waals surface area contributed by atoms with Gasteiger partial charge in [-0.2, -0.15) is 26.3 Å². The molecule has 0 aliphatic heterocycles. The quantitative estimate of drug-likeness (QED) is 0.539. The molecule has 0 saturated carbocycles. The van der Waals surface area contributed by atoms with Gasteiger partial charge in [0.1, 0.15) is 0 Å². The molecule has 0 saturated heterocycles. The monoisotopic (exact) mass is 444 g/mol. The van der Waals surface area contributed by atoms with Crippen LogP contribution in [0, 0.1) is 17.5 Å². The second kappa shape index (κ2) is 8.24. The number of benzene rings is 2. The van der Waals surface area contributed by atoms with E-state index in [0.29, 0.717) is 12.1 Å². The van der Waals surface area contributed by atoms with Crippen molar-refractivity contribution in [3.05, 3.63) is 64.5 Å². The molecule has 0 heterocycles. The van der Waals surface area contributed by atoms with Gasteiger partial charge in [0.05, 0.1) is 23.4 Å². The van der Waals surface area contributed by atoms with Crippen molar-refractivity contribution in [3.8, 4) is 0 Å². The molecule has 2 rings (SSSR count). The van der Waals surface area contributed by atoms with Crippen molar-refractivity contribution in [1.29, 1.82) is 0 Å². The summed E-state index contributed by atoms with van der Waals surface area (Å²) >= 11 is 0. The zero-order valence-electron chi connectivity index (χ0n) is 14.3. The largest absolute Gasteiger partial charge is 0.416 e. The number of halogens is 9. The molecule has 2 N–H and O–H groups in total. The summed E-state index contributed by atoms with van der Waals surface area (Å²) in [6.07, 6.45) is -10.4. The molecule has 0 spiro atoms. The van der Waals surface area contributed by atoms with E-state index in [1.165, 1.54) is 0 Å². The average Bonchev–Trinajstić information content (AvgIpc) is 2.64. The first-order valence-corrected chi connectivity index (χ1v) is 7.71. The van der Waals surface area contributed by atoms with Gasteiger partial charge in [0.15, 0.2) is 17.5 Å². The summed E-state index contributed by atoms with van der Waals surface area (Å²) in [4.78, 5) is 23.6. The SMILES string of the molecule is O=C(CNC(=O)c1cc(C(F)(F)F)cc(C(F)(F)F)c1)Nc1ccc(F)c(F)c1F. The lowest BCUT2D eigenvalue weighted by atomic mass is 10.0. The van der Waals surface area contributed by atoms with E-state index in [9.17, 15) is 49.1 Å². The van der Waals surface area contributed by atoms with E-state index in [0.717, 1.165) is 0 Å². The lowest BCUT2D eigenvalue weighted by Gasteiger charge is -2.14. The van der Waals surface area contributed by atoms with Crippen LogP contribution in [-0.2, 0) is 17.1 Å². The van der Waals surface area contributed by atoms with Crippen LogP contribution < -0.4 is 10.6 Å². The molecule has 0 radical (unpaired) electrons. The molecule has 0 atom stereocenters. The van der Waals surface area contributed by atoms with E-state index >= 15 is 0 Å². The van der Waals surface area contributed by atoms with Gasteiger partial charge < -0.3 is 10.6 Å². The molecule has 0 bridgehead atoms. The lowest BCUT2D eigenvalue weighted by molar-refractivity contribution is -0.143. The van der Waals surface area contributed by atoms with Crippen molar-refractivity contribution in [3.63, 3.8) is 0 Å². The molecule has 162 valence electrons. The third-order valence-corrected chi connectivity index (χ3v) is 3.57. The summed E-state index contributed by atoms with van der Waals surface area (Å²) < 4.78 is 116. The fourth-order valence-corrected chi connectivity index (χ4v) is 2.17. The summed E-state index contributed by atoms with van der Waals surface area (Å²) in [5.74, 6) is -7.85. The van der Waals surface area contributed by atoms with Gasteiger partial charge in [0, 0.05) is 5.56 Å². The Labute approximate surface area is 161 Å². The van der Waals surface area contributed by atoms with Crippen LogP contribution in [0.15, 0.2) is 30.3 Å². The first-order valence-electron chi connectivity index (χ1n) is 7.71. The van der Waals surface area contributed by atoms with Gasteiger partial charge >= 0.3 is 12.4 Å². The van der Waals surface area contributed by atoms with Gasteiger partial charge in [0.2, 0.25) is 5.91 Å². The maximum Gasteiger partial charge on any atom is 0.416 e.